The minimum atomic E-state index is -0.319. The van der Waals surface area contributed by atoms with Crippen LogP contribution in [0.25, 0.3) is 5.65 Å². The van der Waals surface area contributed by atoms with Crippen LogP contribution < -0.4 is 10.9 Å². The van der Waals surface area contributed by atoms with E-state index >= 15 is 0 Å². The number of aromatic hydroxyl groups is 1. The molecule has 0 aliphatic carbocycles. The van der Waals surface area contributed by atoms with Crippen molar-refractivity contribution in [2.45, 2.75) is 31.7 Å². The van der Waals surface area contributed by atoms with Gasteiger partial charge in [-0.2, -0.15) is 9.61 Å². The summed E-state index contributed by atoms with van der Waals surface area (Å²) in [6.07, 6.45) is 4.63. The van der Waals surface area contributed by atoms with Crippen molar-refractivity contribution in [1.82, 2.24) is 19.9 Å². The average molecular weight is 248 g/mol. The molecular formula is C12H16N4O2. The molecule has 1 fully saturated rings. The third kappa shape index (κ3) is 1.99. The summed E-state index contributed by atoms with van der Waals surface area (Å²) in [6.45, 7) is 0.987. The van der Waals surface area contributed by atoms with Crippen LogP contribution in [0.2, 0.25) is 0 Å². The molecule has 0 aromatic carbocycles. The van der Waals surface area contributed by atoms with Gasteiger partial charge in [0.1, 0.15) is 5.65 Å². The molecule has 18 heavy (non-hydrogen) atoms. The van der Waals surface area contributed by atoms with Crippen molar-refractivity contribution < 1.29 is 5.11 Å². The van der Waals surface area contributed by atoms with Crippen LogP contribution in [0.5, 0.6) is 5.88 Å². The number of aromatic amines is 1. The van der Waals surface area contributed by atoms with E-state index in [0.717, 1.165) is 24.7 Å². The Morgan fingerprint density at radius 2 is 2.22 bits per heavy atom. The van der Waals surface area contributed by atoms with Crippen LogP contribution in [0, 0.1) is 0 Å². The van der Waals surface area contributed by atoms with E-state index in [1.165, 1.54) is 23.8 Å². The van der Waals surface area contributed by atoms with Crippen LogP contribution in [0.3, 0.4) is 0 Å². The van der Waals surface area contributed by atoms with Gasteiger partial charge < -0.3 is 15.4 Å². The molecule has 1 aliphatic heterocycles. The minimum Gasteiger partial charge on any atom is -0.493 e. The van der Waals surface area contributed by atoms with Crippen LogP contribution in [0.4, 0.5) is 0 Å². The highest BCUT2D eigenvalue weighted by atomic mass is 16.3. The van der Waals surface area contributed by atoms with Crippen LogP contribution in [0.1, 0.15) is 37.4 Å². The summed E-state index contributed by atoms with van der Waals surface area (Å²) in [7, 11) is 0. The fourth-order valence-electron chi connectivity index (χ4n) is 2.46. The summed E-state index contributed by atoms with van der Waals surface area (Å²) in [6, 6.07) is 3.16. The van der Waals surface area contributed by atoms with Gasteiger partial charge in [0.05, 0.1) is 17.8 Å². The zero-order chi connectivity index (χ0) is 12.5. The minimum absolute atomic E-state index is 0.131. The highest BCUT2D eigenvalue weighted by molar-refractivity contribution is 5.42. The number of nitrogens with one attached hydrogen (secondary N) is 2. The molecule has 2 aromatic rings. The molecule has 0 radical (unpaired) electrons. The molecule has 96 valence electrons. The summed E-state index contributed by atoms with van der Waals surface area (Å²) in [5, 5.41) is 17.5. The predicted molar refractivity (Wildman–Crippen MR) is 66.7 cm³/mol. The molecule has 0 bridgehead atoms. The SMILES string of the molecule is O=c1cc(O)n2nc(C3CCCCCN3)cc2[nH]1. The van der Waals surface area contributed by atoms with Gasteiger partial charge in [-0.25, -0.2) is 0 Å². The van der Waals surface area contributed by atoms with Gasteiger partial charge in [0.15, 0.2) is 0 Å². The standard InChI is InChI=1S/C12H16N4O2/c17-11-7-12(18)16-10(14-11)6-9(15-16)8-4-2-1-3-5-13-8/h6-8,13,18H,1-5H2,(H,14,17). The molecule has 1 unspecified atom stereocenters. The first-order valence-corrected chi connectivity index (χ1v) is 6.29. The monoisotopic (exact) mass is 248 g/mol. The van der Waals surface area contributed by atoms with Gasteiger partial charge in [0, 0.05) is 6.07 Å². The van der Waals surface area contributed by atoms with Gasteiger partial charge in [-0.1, -0.05) is 12.8 Å². The van der Waals surface area contributed by atoms with Crippen molar-refractivity contribution in [3.05, 3.63) is 28.2 Å². The van der Waals surface area contributed by atoms with Gasteiger partial charge in [-0.15, -0.1) is 0 Å². The Bertz CT molecular complexity index is 608. The summed E-state index contributed by atoms with van der Waals surface area (Å²) >= 11 is 0. The first-order chi connectivity index (χ1) is 8.74. The van der Waals surface area contributed by atoms with E-state index in [9.17, 15) is 9.90 Å². The number of rotatable bonds is 1. The molecule has 6 heteroatoms. The fourth-order valence-corrected chi connectivity index (χ4v) is 2.46. The maximum absolute atomic E-state index is 11.3. The zero-order valence-electron chi connectivity index (χ0n) is 10.0. The van der Waals surface area contributed by atoms with E-state index in [1.807, 2.05) is 6.07 Å². The average Bonchev–Trinajstić information content (AvgIpc) is 2.59. The molecular weight excluding hydrogens is 232 g/mol. The number of aromatic nitrogens is 3. The topological polar surface area (TPSA) is 82.4 Å². The second kappa shape index (κ2) is 4.45. The molecule has 2 aromatic heterocycles. The Labute approximate surface area is 104 Å². The third-order valence-corrected chi connectivity index (χ3v) is 3.37. The zero-order valence-corrected chi connectivity index (χ0v) is 10.0. The lowest BCUT2D eigenvalue weighted by molar-refractivity contribution is 0.430. The number of hydrogen-bond donors (Lipinski definition) is 3. The number of fused-ring (bicyclic) bond motifs is 1. The van der Waals surface area contributed by atoms with E-state index < -0.39 is 0 Å². The summed E-state index contributed by atoms with van der Waals surface area (Å²) < 4.78 is 1.36. The Morgan fingerprint density at radius 1 is 1.33 bits per heavy atom. The molecule has 1 aliphatic rings. The predicted octanol–water partition coefficient (Wildman–Crippen LogP) is 0.933. The van der Waals surface area contributed by atoms with Gasteiger partial charge in [-0.05, 0) is 19.4 Å². The van der Waals surface area contributed by atoms with Crippen molar-refractivity contribution in [2.24, 2.45) is 0 Å². The molecule has 0 amide bonds. The molecule has 3 rings (SSSR count). The normalized spacial score (nSPS) is 21.0. The van der Waals surface area contributed by atoms with E-state index in [2.05, 4.69) is 15.4 Å². The first kappa shape index (κ1) is 11.3. The van der Waals surface area contributed by atoms with Crippen molar-refractivity contribution in [3.8, 4) is 5.88 Å². The Kier molecular flexibility index (Phi) is 2.79. The van der Waals surface area contributed by atoms with Crippen molar-refractivity contribution in [3.63, 3.8) is 0 Å². The molecule has 3 heterocycles. The van der Waals surface area contributed by atoms with Crippen LogP contribution in [-0.4, -0.2) is 26.2 Å². The first-order valence-electron chi connectivity index (χ1n) is 6.29. The summed E-state index contributed by atoms with van der Waals surface area (Å²) in [5.74, 6) is -0.131. The highest BCUT2D eigenvalue weighted by Crippen LogP contribution is 2.23. The van der Waals surface area contributed by atoms with Gasteiger partial charge in [-0.3, -0.25) is 4.79 Å². The highest BCUT2D eigenvalue weighted by Gasteiger charge is 2.17. The van der Waals surface area contributed by atoms with Gasteiger partial charge in [0.2, 0.25) is 5.88 Å². The number of H-pyrrole nitrogens is 1. The van der Waals surface area contributed by atoms with Crippen LogP contribution in [-0.2, 0) is 0 Å². The lowest BCUT2D eigenvalue weighted by Crippen LogP contribution is -2.20. The second-order valence-corrected chi connectivity index (χ2v) is 4.71. The maximum Gasteiger partial charge on any atom is 0.254 e. The lowest BCUT2D eigenvalue weighted by atomic mass is 10.1. The van der Waals surface area contributed by atoms with Crippen molar-refractivity contribution in [2.75, 3.05) is 6.54 Å². The Morgan fingerprint density at radius 3 is 3.11 bits per heavy atom. The summed E-state index contributed by atoms with van der Waals surface area (Å²) in [5.41, 5.74) is 1.08. The van der Waals surface area contributed by atoms with E-state index in [1.54, 1.807) is 0 Å². The van der Waals surface area contributed by atoms with E-state index in [4.69, 9.17) is 0 Å². The smallest absolute Gasteiger partial charge is 0.254 e. The van der Waals surface area contributed by atoms with Crippen molar-refractivity contribution in [1.29, 1.82) is 0 Å². The second-order valence-electron chi connectivity index (χ2n) is 4.71. The van der Waals surface area contributed by atoms with Gasteiger partial charge >= 0.3 is 0 Å². The van der Waals surface area contributed by atoms with Crippen molar-refractivity contribution >= 4 is 5.65 Å². The number of hydrogen-bond acceptors (Lipinski definition) is 4. The maximum atomic E-state index is 11.3. The largest absolute Gasteiger partial charge is 0.493 e. The molecule has 6 nitrogen and oxygen atoms in total. The van der Waals surface area contributed by atoms with Gasteiger partial charge in [0.25, 0.3) is 5.56 Å². The van der Waals surface area contributed by atoms with E-state index in [-0.39, 0.29) is 17.5 Å². The molecule has 0 spiro atoms. The summed E-state index contributed by atoms with van der Waals surface area (Å²) in [4.78, 5) is 13.9. The lowest BCUT2D eigenvalue weighted by Gasteiger charge is -2.11. The Hall–Kier alpha value is -1.82. The molecule has 1 saturated heterocycles. The third-order valence-electron chi connectivity index (χ3n) is 3.37. The molecule has 3 N–H and O–H groups in total. The Balaban J connectivity index is 2.02. The van der Waals surface area contributed by atoms with Crippen LogP contribution >= 0.6 is 0 Å². The molecule has 1 atom stereocenters. The number of nitrogens with zero attached hydrogens (tertiary/aromatic N) is 2. The van der Waals surface area contributed by atoms with E-state index in [0.29, 0.717) is 5.65 Å². The molecule has 0 saturated carbocycles. The van der Waals surface area contributed by atoms with Crippen LogP contribution in [0.15, 0.2) is 16.9 Å². The fraction of sp³-hybridized carbons (Fsp3) is 0.500. The quantitative estimate of drug-likeness (QED) is 0.701.